The van der Waals surface area contributed by atoms with E-state index < -0.39 is 0 Å². The lowest BCUT2D eigenvalue weighted by molar-refractivity contribution is 1.43. The van der Waals surface area contributed by atoms with Crippen LogP contribution >= 0.6 is 43.5 Å². The van der Waals surface area contributed by atoms with Gasteiger partial charge in [-0.15, -0.1) is 0 Å². The molecule has 0 atom stereocenters. The third kappa shape index (κ3) is 2.20. The van der Waals surface area contributed by atoms with Crippen LogP contribution in [0.3, 0.4) is 0 Å². The van der Waals surface area contributed by atoms with Crippen LogP contribution in [-0.2, 0) is 0 Å². The molecule has 0 N–H and O–H groups in total. The first kappa shape index (κ1) is 12.2. The Morgan fingerprint density at radius 1 is 0.875 bits per heavy atom. The van der Waals surface area contributed by atoms with Crippen LogP contribution in [-0.4, -0.2) is 0 Å². The van der Waals surface area contributed by atoms with Gasteiger partial charge in [0.1, 0.15) is 0 Å². The molecule has 0 saturated heterocycles. The summed E-state index contributed by atoms with van der Waals surface area (Å²) in [7, 11) is 0. The molecule has 0 amide bonds. The highest BCUT2D eigenvalue weighted by Crippen LogP contribution is 2.40. The van der Waals surface area contributed by atoms with E-state index in [2.05, 4.69) is 44.8 Å². The minimum Gasteiger partial charge on any atom is -0.0836 e. The van der Waals surface area contributed by atoms with E-state index >= 15 is 0 Å². The molecule has 0 aromatic heterocycles. The lowest BCUT2D eigenvalue weighted by Gasteiger charge is -2.12. The van der Waals surface area contributed by atoms with Crippen LogP contribution in [0, 0.1) is 6.92 Å². The van der Waals surface area contributed by atoms with Gasteiger partial charge in [-0.05, 0) is 30.7 Å². The molecule has 0 nitrogen and oxygen atoms in total. The van der Waals surface area contributed by atoms with Crippen molar-refractivity contribution in [3.05, 3.63) is 55.9 Å². The van der Waals surface area contributed by atoms with Gasteiger partial charge in [0.05, 0.1) is 0 Å². The lowest BCUT2D eigenvalue weighted by Crippen LogP contribution is -1.87. The Bertz CT molecular complexity index is 445. The van der Waals surface area contributed by atoms with E-state index in [-0.39, 0.29) is 0 Å². The molecule has 2 aromatic carbocycles. The van der Waals surface area contributed by atoms with Crippen LogP contribution in [0.1, 0.15) is 5.56 Å². The van der Waals surface area contributed by atoms with Crippen molar-refractivity contribution in [2.45, 2.75) is 6.92 Å². The molecule has 0 aliphatic carbocycles. The van der Waals surface area contributed by atoms with Crippen molar-refractivity contribution in [2.24, 2.45) is 0 Å². The number of benzene rings is 2. The molecule has 16 heavy (non-hydrogen) atoms. The van der Waals surface area contributed by atoms with E-state index in [1.54, 1.807) is 0 Å². The molecule has 0 radical (unpaired) electrons. The summed E-state index contributed by atoms with van der Waals surface area (Å²) in [4.78, 5) is 0. The predicted molar refractivity (Wildman–Crippen MR) is 77.0 cm³/mol. The largest absolute Gasteiger partial charge is 0.0836 e. The summed E-state index contributed by atoms with van der Waals surface area (Å²) >= 11 is 13.4. The maximum atomic E-state index is 6.26. The number of rotatable bonds is 1. The molecule has 0 bridgehead atoms. The highest BCUT2D eigenvalue weighted by atomic mass is 79.9. The number of hydrogen-bond acceptors (Lipinski definition) is 0. The quantitative estimate of drug-likeness (QED) is 0.599. The zero-order chi connectivity index (χ0) is 11.7. The Morgan fingerprint density at radius 2 is 1.44 bits per heavy atom. The van der Waals surface area contributed by atoms with E-state index in [9.17, 15) is 0 Å². The minimum absolute atomic E-state index is 0.754. The normalized spacial score (nSPS) is 10.5. The summed E-state index contributed by atoms with van der Waals surface area (Å²) in [6, 6.07) is 12.0. The van der Waals surface area contributed by atoms with E-state index in [0.29, 0.717) is 0 Å². The van der Waals surface area contributed by atoms with Gasteiger partial charge in [0.25, 0.3) is 0 Å². The Morgan fingerprint density at radius 3 is 2.00 bits per heavy atom. The van der Waals surface area contributed by atoms with Crippen molar-refractivity contribution in [1.82, 2.24) is 0 Å². The monoisotopic (exact) mass is 358 g/mol. The molecule has 0 saturated carbocycles. The van der Waals surface area contributed by atoms with Crippen molar-refractivity contribution in [2.75, 3.05) is 0 Å². The highest BCUT2D eigenvalue weighted by Gasteiger charge is 2.12. The molecule has 0 aliphatic rings. The van der Waals surface area contributed by atoms with E-state index in [0.717, 1.165) is 25.1 Å². The van der Waals surface area contributed by atoms with Crippen molar-refractivity contribution in [1.29, 1.82) is 0 Å². The van der Waals surface area contributed by atoms with Crippen LogP contribution in [0.5, 0.6) is 0 Å². The SMILES string of the molecule is Cc1cccc(Br)c1-c1c(Cl)cccc1Br. The van der Waals surface area contributed by atoms with E-state index in [1.807, 2.05) is 30.3 Å². The zero-order valence-corrected chi connectivity index (χ0v) is 12.5. The molecule has 2 aromatic rings. The molecule has 0 heterocycles. The van der Waals surface area contributed by atoms with Crippen molar-refractivity contribution in [3.8, 4) is 11.1 Å². The maximum Gasteiger partial charge on any atom is 0.0496 e. The van der Waals surface area contributed by atoms with Crippen molar-refractivity contribution in [3.63, 3.8) is 0 Å². The average molecular weight is 360 g/mol. The average Bonchev–Trinajstić information content (AvgIpc) is 2.21. The fraction of sp³-hybridized carbons (Fsp3) is 0.0769. The van der Waals surface area contributed by atoms with E-state index in [1.165, 1.54) is 5.56 Å². The fourth-order valence-corrected chi connectivity index (χ4v) is 3.30. The highest BCUT2D eigenvalue weighted by molar-refractivity contribution is 9.11. The van der Waals surface area contributed by atoms with E-state index in [4.69, 9.17) is 11.6 Å². The molecule has 82 valence electrons. The standard InChI is InChI=1S/C13H9Br2Cl/c1-8-4-2-5-9(14)12(8)13-10(15)6-3-7-11(13)16/h2-7H,1H3. The summed E-state index contributed by atoms with van der Waals surface area (Å²) in [6.07, 6.45) is 0. The molecular formula is C13H9Br2Cl. The first-order valence-corrected chi connectivity index (χ1v) is 6.77. The number of hydrogen-bond donors (Lipinski definition) is 0. The summed E-state index contributed by atoms with van der Waals surface area (Å²) in [5, 5.41) is 0.754. The van der Waals surface area contributed by atoms with Gasteiger partial charge < -0.3 is 0 Å². The second kappa shape index (κ2) is 4.91. The topological polar surface area (TPSA) is 0 Å². The van der Waals surface area contributed by atoms with Crippen LogP contribution in [0.2, 0.25) is 5.02 Å². The van der Waals surface area contributed by atoms with Gasteiger partial charge in [0.2, 0.25) is 0 Å². The summed E-state index contributed by atoms with van der Waals surface area (Å²) in [5.41, 5.74) is 3.37. The van der Waals surface area contributed by atoms with Gasteiger partial charge in [0.15, 0.2) is 0 Å². The Kier molecular flexibility index (Phi) is 3.73. The van der Waals surface area contributed by atoms with Gasteiger partial charge in [-0.25, -0.2) is 0 Å². The third-order valence-electron chi connectivity index (χ3n) is 2.43. The first-order chi connectivity index (χ1) is 7.61. The summed E-state index contributed by atoms with van der Waals surface area (Å²) < 4.78 is 2.07. The van der Waals surface area contributed by atoms with Gasteiger partial charge in [0, 0.05) is 25.1 Å². The van der Waals surface area contributed by atoms with Crippen molar-refractivity contribution < 1.29 is 0 Å². The van der Waals surface area contributed by atoms with Gasteiger partial charge in [-0.1, -0.05) is 61.7 Å². The van der Waals surface area contributed by atoms with Gasteiger partial charge >= 0.3 is 0 Å². The Balaban J connectivity index is 2.77. The molecule has 2 rings (SSSR count). The molecule has 0 fully saturated rings. The molecule has 0 unspecified atom stereocenters. The summed E-state index contributed by atoms with van der Waals surface area (Å²) in [5.74, 6) is 0. The minimum atomic E-state index is 0.754. The van der Waals surface area contributed by atoms with Crippen LogP contribution < -0.4 is 0 Å². The van der Waals surface area contributed by atoms with Crippen LogP contribution in [0.4, 0.5) is 0 Å². The zero-order valence-electron chi connectivity index (χ0n) is 8.60. The number of halogens is 3. The van der Waals surface area contributed by atoms with Gasteiger partial charge in [-0.2, -0.15) is 0 Å². The maximum absolute atomic E-state index is 6.26. The van der Waals surface area contributed by atoms with Crippen molar-refractivity contribution >= 4 is 43.5 Å². The lowest BCUT2D eigenvalue weighted by atomic mass is 10.0. The third-order valence-corrected chi connectivity index (χ3v) is 4.07. The molecule has 0 spiro atoms. The van der Waals surface area contributed by atoms with Crippen LogP contribution in [0.25, 0.3) is 11.1 Å². The van der Waals surface area contributed by atoms with Crippen LogP contribution in [0.15, 0.2) is 45.3 Å². The molecule has 3 heteroatoms. The number of aryl methyl sites for hydroxylation is 1. The Hall–Kier alpha value is -0.310. The second-order valence-electron chi connectivity index (χ2n) is 3.53. The first-order valence-electron chi connectivity index (χ1n) is 4.80. The molecular weight excluding hydrogens is 351 g/mol. The van der Waals surface area contributed by atoms with Gasteiger partial charge in [-0.3, -0.25) is 0 Å². The smallest absolute Gasteiger partial charge is 0.0496 e. The summed E-state index contributed by atoms with van der Waals surface area (Å²) in [6.45, 7) is 2.08. The second-order valence-corrected chi connectivity index (χ2v) is 5.64. The predicted octanol–water partition coefficient (Wildman–Crippen LogP) is 5.84. The Labute approximate surface area is 117 Å². The fourth-order valence-electron chi connectivity index (χ4n) is 1.69. The molecule has 0 aliphatic heterocycles.